The second-order valence-corrected chi connectivity index (χ2v) is 10.9. The Bertz CT molecular complexity index is 1120. The van der Waals surface area contributed by atoms with Crippen LogP contribution in [0.5, 0.6) is 0 Å². The fourth-order valence-corrected chi connectivity index (χ4v) is 4.40. The Morgan fingerprint density at radius 2 is 1.73 bits per heavy atom. The van der Waals surface area contributed by atoms with E-state index >= 15 is 0 Å². The topological polar surface area (TPSA) is 86.8 Å². The zero-order valence-electron chi connectivity index (χ0n) is 19.3. The number of rotatable bonds is 9. The third-order valence-corrected chi connectivity index (χ3v) is 6.75. The maximum absolute atomic E-state index is 13.4. The summed E-state index contributed by atoms with van der Waals surface area (Å²) in [6.45, 7) is 6.63. The first-order chi connectivity index (χ1) is 15.3. The lowest BCUT2D eigenvalue weighted by Crippen LogP contribution is -2.52. The lowest BCUT2D eigenvalue weighted by atomic mass is 10.1. The summed E-state index contributed by atoms with van der Waals surface area (Å²) in [6.07, 6.45) is 1.02. The molecule has 0 aromatic heterocycles. The van der Waals surface area contributed by atoms with Crippen molar-refractivity contribution >= 4 is 50.7 Å². The molecule has 2 rings (SSSR count). The lowest BCUT2D eigenvalue weighted by molar-refractivity contribution is -0.139. The van der Waals surface area contributed by atoms with Gasteiger partial charge in [-0.05, 0) is 63.1 Å². The van der Waals surface area contributed by atoms with E-state index in [1.165, 1.54) is 11.0 Å². The molecule has 0 aliphatic rings. The van der Waals surface area contributed by atoms with Crippen LogP contribution in [0, 0.1) is 6.92 Å². The Balaban J connectivity index is 2.41. The van der Waals surface area contributed by atoms with E-state index in [-0.39, 0.29) is 24.2 Å². The number of amides is 2. The molecular weight excluding hydrogens is 485 g/mol. The molecule has 33 heavy (non-hydrogen) atoms. The number of carbonyl (C=O) groups excluding carboxylic acids is 2. The van der Waals surface area contributed by atoms with Crippen LogP contribution in [-0.4, -0.2) is 50.0 Å². The highest BCUT2D eigenvalue weighted by Crippen LogP contribution is 2.25. The zero-order valence-corrected chi connectivity index (χ0v) is 21.6. The van der Waals surface area contributed by atoms with Crippen molar-refractivity contribution in [1.29, 1.82) is 0 Å². The number of aryl methyl sites for hydroxylation is 1. The largest absolute Gasteiger partial charge is 0.352 e. The second-order valence-electron chi connectivity index (χ2n) is 8.19. The van der Waals surface area contributed by atoms with Gasteiger partial charge in [0.2, 0.25) is 21.8 Å². The van der Waals surface area contributed by atoms with E-state index in [1.54, 1.807) is 50.2 Å². The van der Waals surface area contributed by atoms with Crippen LogP contribution < -0.4 is 9.62 Å². The number of benzene rings is 2. The highest BCUT2D eigenvalue weighted by Gasteiger charge is 2.30. The summed E-state index contributed by atoms with van der Waals surface area (Å²) in [4.78, 5) is 27.5. The monoisotopic (exact) mass is 513 g/mol. The van der Waals surface area contributed by atoms with Crippen LogP contribution in [0.3, 0.4) is 0 Å². The van der Waals surface area contributed by atoms with Crippen molar-refractivity contribution in [2.45, 2.75) is 46.3 Å². The van der Waals surface area contributed by atoms with Crippen LogP contribution in [0.1, 0.15) is 31.9 Å². The van der Waals surface area contributed by atoms with Gasteiger partial charge in [0.05, 0.1) is 11.9 Å². The molecule has 1 unspecified atom stereocenters. The van der Waals surface area contributed by atoms with E-state index < -0.39 is 28.5 Å². The van der Waals surface area contributed by atoms with E-state index in [0.29, 0.717) is 15.6 Å². The first-order valence-corrected chi connectivity index (χ1v) is 13.0. The molecule has 0 bridgehead atoms. The Morgan fingerprint density at radius 1 is 1.06 bits per heavy atom. The Hall–Kier alpha value is -2.29. The SMILES string of the molecule is Cc1ccc(N(CC(=O)N(Cc2cccc(Cl)c2)C(C)C(=O)NC(C)C)S(C)(=O)=O)cc1Cl. The molecule has 1 atom stereocenters. The van der Waals surface area contributed by atoms with Crippen molar-refractivity contribution in [3.63, 3.8) is 0 Å². The van der Waals surface area contributed by atoms with Crippen LogP contribution in [0.25, 0.3) is 0 Å². The Labute approximate surface area is 205 Å². The molecule has 2 aromatic rings. The second kappa shape index (κ2) is 11.2. The van der Waals surface area contributed by atoms with E-state index in [2.05, 4.69) is 5.32 Å². The first-order valence-electron chi connectivity index (χ1n) is 10.4. The third kappa shape index (κ3) is 7.62. The maximum Gasteiger partial charge on any atom is 0.244 e. The molecule has 0 heterocycles. The molecule has 10 heteroatoms. The van der Waals surface area contributed by atoms with Crippen molar-refractivity contribution in [3.8, 4) is 0 Å². The molecule has 2 amide bonds. The van der Waals surface area contributed by atoms with Gasteiger partial charge in [-0.2, -0.15) is 0 Å². The van der Waals surface area contributed by atoms with Crippen molar-refractivity contribution < 1.29 is 18.0 Å². The van der Waals surface area contributed by atoms with Crippen molar-refractivity contribution in [1.82, 2.24) is 10.2 Å². The van der Waals surface area contributed by atoms with Crippen molar-refractivity contribution in [2.24, 2.45) is 0 Å². The first kappa shape index (κ1) is 27.0. The smallest absolute Gasteiger partial charge is 0.244 e. The van der Waals surface area contributed by atoms with E-state index in [1.807, 2.05) is 13.8 Å². The number of halogens is 2. The summed E-state index contributed by atoms with van der Waals surface area (Å²) < 4.78 is 26.1. The quantitative estimate of drug-likeness (QED) is 0.548. The van der Waals surface area contributed by atoms with Crippen LogP contribution >= 0.6 is 23.2 Å². The van der Waals surface area contributed by atoms with E-state index in [4.69, 9.17) is 23.2 Å². The molecule has 0 fully saturated rings. The highest BCUT2D eigenvalue weighted by atomic mass is 35.5. The van der Waals surface area contributed by atoms with Crippen molar-refractivity contribution in [3.05, 3.63) is 63.6 Å². The summed E-state index contributed by atoms with van der Waals surface area (Å²) in [5.41, 5.74) is 1.76. The van der Waals surface area contributed by atoms with Gasteiger partial charge in [-0.25, -0.2) is 8.42 Å². The number of nitrogens with zero attached hydrogens (tertiary/aromatic N) is 2. The van der Waals surface area contributed by atoms with Gasteiger partial charge in [0, 0.05) is 22.6 Å². The third-order valence-electron chi connectivity index (χ3n) is 4.96. The minimum atomic E-state index is -3.82. The van der Waals surface area contributed by atoms with Gasteiger partial charge in [-0.15, -0.1) is 0 Å². The van der Waals surface area contributed by atoms with Gasteiger partial charge in [0.15, 0.2) is 0 Å². The van der Waals surface area contributed by atoms with Gasteiger partial charge < -0.3 is 10.2 Å². The Morgan fingerprint density at radius 3 is 2.27 bits per heavy atom. The Kier molecular flexibility index (Phi) is 9.17. The zero-order chi connectivity index (χ0) is 24.9. The molecule has 0 saturated carbocycles. The fourth-order valence-electron chi connectivity index (χ4n) is 3.17. The summed E-state index contributed by atoms with van der Waals surface area (Å²) in [5, 5.41) is 3.67. The van der Waals surface area contributed by atoms with Crippen LogP contribution in [0.2, 0.25) is 10.0 Å². The van der Waals surface area contributed by atoms with Gasteiger partial charge in [0.25, 0.3) is 0 Å². The number of carbonyl (C=O) groups is 2. The van der Waals surface area contributed by atoms with Gasteiger partial charge >= 0.3 is 0 Å². The predicted octanol–water partition coefficient (Wildman–Crippen LogP) is 4.01. The number of hydrogen-bond acceptors (Lipinski definition) is 4. The molecule has 1 N–H and O–H groups in total. The molecule has 0 aliphatic heterocycles. The average molecular weight is 514 g/mol. The predicted molar refractivity (Wildman–Crippen MR) is 133 cm³/mol. The molecule has 180 valence electrons. The molecular formula is C23H29Cl2N3O4S. The number of nitrogens with one attached hydrogen (secondary N) is 1. The van der Waals surface area contributed by atoms with Gasteiger partial charge in [-0.1, -0.05) is 41.4 Å². The van der Waals surface area contributed by atoms with Crippen LogP contribution in [0.15, 0.2) is 42.5 Å². The normalized spacial score (nSPS) is 12.4. The molecule has 0 spiro atoms. The van der Waals surface area contributed by atoms with Crippen molar-refractivity contribution in [2.75, 3.05) is 17.1 Å². The average Bonchev–Trinajstić information content (AvgIpc) is 2.70. The molecule has 2 aromatic carbocycles. The maximum atomic E-state index is 13.4. The number of anilines is 1. The molecule has 0 saturated heterocycles. The molecule has 0 radical (unpaired) electrons. The molecule has 0 aliphatic carbocycles. The summed E-state index contributed by atoms with van der Waals surface area (Å²) >= 11 is 12.3. The summed E-state index contributed by atoms with van der Waals surface area (Å²) in [7, 11) is -3.82. The lowest BCUT2D eigenvalue weighted by Gasteiger charge is -2.32. The minimum absolute atomic E-state index is 0.0817. The number of sulfonamides is 1. The molecule has 7 nitrogen and oxygen atoms in total. The standard InChI is InChI=1S/C23H29Cl2N3O4S/c1-15(2)26-23(30)17(4)27(13-18-7-6-8-19(24)11-18)22(29)14-28(33(5,31)32)20-10-9-16(3)21(25)12-20/h6-12,15,17H,13-14H2,1-5H3,(H,26,30). The summed E-state index contributed by atoms with van der Waals surface area (Å²) in [6, 6.07) is 10.7. The van der Waals surface area contributed by atoms with E-state index in [0.717, 1.165) is 16.1 Å². The van der Waals surface area contributed by atoms with Gasteiger partial charge in [0.1, 0.15) is 12.6 Å². The summed E-state index contributed by atoms with van der Waals surface area (Å²) in [5.74, 6) is -0.881. The fraction of sp³-hybridized carbons (Fsp3) is 0.391. The van der Waals surface area contributed by atoms with Crippen LogP contribution in [-0.2, 0) is 26.2 Å². The highest BCUT2D eigenvalue weighted by molar-refractivity contribution is 7.92. The minimum Gasteiger partial charge on any atom is -0.352 e. The van der Waals surface area contributed by atoms with E-state index in [9.17, 15) is 18.0 Å². The van der Waals surface area contributed by atoms with Gasteiger partial charge in [-0.3, -0.25) is 13.9 Å². The number of hydrogen-bond donors (Lipinski definition) is 1. The van der Waals surface area contributed by atoms with Crippen LogP contribution in [0.4, 0.5) is 5.69 Å².